The Morgan fingerprint density at radius 3 is 2.52 bits per heavy atom. The highest BCUT2D eigenvalue weighted by Gasteiger charge is 2.47. The molecule has 1 aliphatic rings. The van der Waals surface area contributed by atoms with E-state index in [0.29, 0.717) is 11.4 Å². The number of urea groups is 1. The van der Waals surface area contributed by atoms with Gasteiger partial charge in [0.25, 0.3) is 5.91 Å². The highest BCUT2D eigenvalue weighted by atomic mass is 35.5. The Morgan fingerprint density at radius 2 is 1.90 bits per heavy atom. The van der Waals surface area contributed by atoms with Gasteiger partial charge >= 0.3 is 6.03 Å². The number of imide groups is 1. The van der Waals surface area contributed by atoms with Crippen molar-refractivity contribution in [2.45, 2.75) is 51.0 Å². The van der Waals surface area contributed by atoms with Crippen molar-refractivity contribution in [3.05, 3.63) is 34.9 Å². The molecule has 4 nitrogen and oxygen atoms in total. The van der Waals surface area contributed by atoms with E-state index in [-0.39, 0.29) is 5.91 Å². The van der Waals surface area contributed by atoms with Gasteiger partial charge in [0.15, 0.2) is 0 Å². The van der Waals surface area contributed by atoms with E-state index in [4.69, 9.17) is 11.6 Å². The van der Waals surface area contributed by atoms with Crippen molar-refractivity contribution in [2.24, 2.45) is 0 Å². The van der Waals surface area contributed by atoms with E-state index in [9.17, 15) is 9.59 Å². The zero-order valence-corrected chi connectivity index (χ0v) is 13.0. The smallest absolute Gasteiger partial charge is 0.319 e. The number of unbranched alkanes of at least 4 members (excludes halogenated alkanes) is 4. The Labute approximate surface area is 130 Å². The van der Waals surface area contributed by atoms with Crippen LogP contribution in [0.15, 0.2) is 24.3 Å². The molecule has 1 unspecified atom stereocenters. The second-order valence-corrected chi connectivity index (χ2v) is 5.92. The van der Waals surface area contributed by atoms with Gasteiger partial charge in [-0.05, 0) is 24.1 Å². The van der Waals surface area contributed by atoms with Gasteiger partial charge in [0, 0.05) is 5.02 Å². The number of amides is 3. The molecule has 1 aliphatic heterocycles. The third-order valence-electron chi connectivity index (χ3n) is 3.91. The van der Waals surface area contributed by atoms with Crippen molar-refractivity contribution in [1.82, 2.24) is 10.6 Å². The summed E-state index contributed by atoms with van der Waals surface area (Å²) in [6.07, 6.45) is 6.06. The van der Waals surface area contributed by atoms with E-state index < -0.39 is 11.6 Å². The molecule has 0 aromatic heterocycles. The molecule has 1 saturated heterocycles. The summed E-state index contributed by atoms with van der Waals surface area (Å²) in [5.74, 6) is -0.287. The molecule has 1 aromatic rings. The van der Waals surface area contributed by atoms with Gasteiger partial charge in [-0.3, -0.25) is 10.1 Å². The minimum Gasteiger partial charge on any atom is -0.319 e. The summed E-state index contributed by atoms with van der Waals surface area (Å²) < 4.78 is 0. The first kappa shape index (κ1) is 15.8. The molecule has 114 valence electrons. The van der Waals surface area contributed by atoms with Gasteiger partial charge < -0.3 is 5.32 Å². The lowest BCUT2D eigenvalue weighted by Gasteiger charge is -2.26. The molecule has 1 atom stereocenters. The normalized spacial score (nSPS) is 21.2. The maximum absolute atomic E-state index is 12.3. The molecule has 1 aromatic carbocycles. The highest BCUT2D eigenvalue weighted by Crippen LogP contribution is 2.32. The Hall–Kier alpha value is -1.55. The summed E-state index contributed by atoms with van der Waals surface area (Å²) in [5.41, 5.74) is -0.234. The molecule has 1 fully saturated rings. The third kappa shape index (κ3) is 3.56. The van der Waals surface area contributed by atoms with Crippen molar-refractivity contribution in [2.75, 3.05) is 0 Å². The molecule has 0 saturated carbocycles. The van der Waals surface area contributed by atoms with E-state index in [1.165, 1.54) is 12.8 Å². The van der Waals surface area contributed by atoms with Crippen LogP contribution in [0.4, 0.5) is 4.79 Å². The van der Waals surface area contributed by atoms with Crippen molar-refractivity contribution in [3.63, 3.8) is 0 Å². The molecule has 0 spiro atoms. The Bertz CT molecular complexity index is 533. The first-order valence-electron chi connectivity index (χ1n) is 7.48. The topological polar surface area (TPSA) is 58.2 Å². The van der Waals surface area contributed by atoms with Crippen LogP contribution < -0.4 is 10.6 Å². The third-order valence-corrected chi connectivity index (χ3v) is 4.15. The van der Waals surface area contributed by atoms with E-state index in [1.54, 1.807) is 18.2 Å². The number of carbonyl (C=O) groups excluding carboxylic acids is 2. The number of benzene rings is 1. The van der Waals surface area contributed by atoms with Gasteiger partial charge in [0.05, 0.1) is 0 Å². The van der Waals surface area contributed by atoms with Gasteiger partial charge in [-0.25, -0.2) is 4.79 Å². The number of halogens is 1. The largest absolute Gasteiger partial charge is 0.322 e. The zero-order valence-electron chi connectivity index (χ0n) is 12.2. The summed E-state index contributed by atoms with van der Waals surface area (Å²) in [4.78, 5) is 23.9. The van der Waals surface area contributed by atoms with Crippen molar-refractivity contribution in [3.8, 4) is 0 Å². The minimum absolute atomic E-state index is 0.287. The molecule has 21 heavy (non-hydrogen) atoms. The van der Waals surface area contributed by atoms with Gasteiger partial charge in [0.2, 0.25) is 0 Å². The van der Waals surface area contributed by atoms with Crippen LogP contribution in [0.3, 0.4) is 0 Å². The molecule has 0 bridgehead atoms. The number of rotatable bonds is 7. The Balaban J connectivity index is 2.16. The number of hydrogen-bond acceptors (Lipinski definition) is 2. The summed E-state index contributed by atoms with van der Waals surface area (Å²) in [6.45, 7) is 2.16. The van der Waals surface area contributed by atoms with Gasteiger partial charge in [-0.2, -0.15) is 0 Å². The van der Waals surface area contributed by atoms with Crippen LogP contribution in [0.5, 0.6) is 0 Å². The Morgan fingerprint density at radius 1 is 1.14 bits per heavy atom. The van der Waals surface area contributed by atoms with Crippen molar-refractivity contribution in [1.29, 1.82) is 0 Å². The maximum atomic E-state index is 12.3. The average molecular weight is 309 g/mol. The molecule has 0 radical (unpaired) electrons. The fraction of sp³-hybridized carbons (Fsp3) is 0.500. The maximum Gasteiger partial charge on any atom is 0.322 e. The molecule has 2 N–H and O–H groups in total. The summed E-state index contributed by atoms with van der Waals surface area (Å²) in [7, 11) is 0. The van der Waals surface area contributed by atoms with Gasteiger partial charge in [-0.15, -0.1) is 0 Å². The standard InChI is InChI=1S/C16H21ClN2O2/c1-2-3-4-5-6-10-16(14(20)18-15(21)19-16)12-8-7-9-13(17)11-12/h7-9,11H,2-6,10H2,1H3,(H2,18,19,20,21). The lowest BCUT2D eigenvalue weighted by atomic mass is 9.84. The zero-order chi connectivity index (χ0) is 15.3. The summed E-state index contributed by atoms with van der Waals surface area (Å²) in [5, 5.41) is 5.70. The molecule has 1 heterocycles. The number of carbonyl (C=O) groups is 2. The van der Waals surface area contributed by atoms with Crippen LogP contribution in [0.1, 0.15) is 51.0 Å². The predicted molar refractivity (Wildman–Crippen MR) is 83.2 cm³/mol. The van der Waals surface area contributed by atoms with Crippen molar-refractivity contribution < 1.29 is 9.59 Å². The monoisotopic (exact) mass is 308 g/mol. The first-order valence-corrected chi connectivity index (χ1v) is 7.86. The van der Waals surface area contributed by atoms with Gasteiger partial charge in [-0.1, -0.05) is 62.8 Å². The lowest BCUT2D eigenvalue weighted by Crippen LogP contribution is -2.43. The second-order valence-electron chi connectivity index (χ2n) is 5.49. The molecule has 0 aliphatic carbocycles. The van der Waals surface area contributed by atoms with Gasteiger partial charge in [0.1, 0.15) is 5.54 Å². The fourth-order valence-electron chi connectivity index (χ4n) is 2.76. The van der Waals surface area contributed by atoms with Crippen molar-refractivity contribution >= 4 is 23.5 Å². The molecular weight excluding hydrogens is 288 g/mol. The lowest BCUT2D eigenvalue weighted by molar-refractivity contribution is -0.124. The molecule has 3 amide bonds. The van der Waals surface area contributed by atoms with E-state index in [0.717, 1.165) is 24.8 Å². The predicted octanol–water partition coefficient (Wildman–Crippen LogP) is 3.74. The minimum atomic E-state index is -0.978. The molecular formula is C16H21ClN2O2. The summed E-state index contributed by atoms with van der Waals surface area (Å²) >= 11 is 6.03. The molecule has 2 rings (SSSR count). The first-order chi connectivity index (χ1) is 10.1. The van der Waals surface area contributed by atoms with Crippen LogP contribution in [-0.4, -0.2) is 11.9 Å². The van der Waals surface area contributed by atoms with E-state index >= 15 is 0 Å². The fourth-order valence-corrected chi connectivity index (χ4v) is 2.95. The van der Waals surface area contributed by atoms with E-state index in [2.05, 4.69) is 17.6 Å². The average Bonchev–Trinajstić information content (AvgIpc) is 2.74. The number of hydrogen-bond donors (Lipinski definition) is 2. The van der Waals surface area contributed by atoms with Crippen LogP contribution in [0, 0.1) is 0 Å². The SMILES string of the molecule is CCCCCCCC1(c2cccc(Cl)c2)NC(=O)NC1=O. The number of nitrogens with one attached hydrogen (secondary N) is 2. The van der Waals surface area contributed by atoms with Crippen LogP contribution >= 0.6 is 11.6 Å². The highest BCUT2D eigenvalue weighted by molar-refractivity contribution is 6.30. The van der Waals surface area contributed by atoms with Crippen LogP contribution in [-0.2, 0) is 10.3 Å². The van der Waals surface area contributed by atoms with E-state index in [1.807, 2.05) is 6.07 Å². The Kier molecular flexibility index (Phi) is 5.23. The second kappa shape index (κ2) is 6.94. The molecule has 5 heteroatoms. The quantitative estimate of drug-likeness (QED) is 0.595. The van der Waals surface area contributed by atoms with Crippen LogP contribution in [0.25, 0.3) is 0 Å². The summed E-state index contributed by atoms with van der Waals surface area (Å²) in [6, 6.07) is 6.71. The van der Waals surface area contributed by atoms with Crippen LogP contribution in [0.2, 0.25) is 5.02 Å².